The van der Waals surface area contributed by atoms with Gasteiger partial charge in [0.15, 0.2) is 17.7 Å². The van der Waals surface area contributed by atoms with Crippen molar-refractivity contribution in [1.29, 1.82) is 0 Å². The van der Waals surface area contributed by atoms with Crippen molar-refractivity contribution in [2.24, 2.45) is 0 Å². The van der Waals surface area contributed by atoms with Crippen LogP contribution in [-0.2, 0) is 4.79 Å². The first-order valence-electron chi connectivity index (χ1n) is 10.4. The van der Waals surface area contributed by atoms with E-state index in [0.29, 0.717) is 22.9 Å². The molecule has 8 nitrogen and oxygen atoms in total. The lowest BCUT2D eigenvalue weighted by molar-refractivity contribution is -0.128. The summed E-state index contributed by atoms with van der Waals surface area (Å²) in [5.74, 6) is -1.09. The monoisotopic (exact) mass is 460 g/mol. The molecule has 172 valence electrons. The Kier molecular flexibility index (Phi) is 6.63. The van der Waals surface area contributed by atoms with E-state index < -0.39 is 23.7 Å². The van der Waals surface area contributed by atoms with Crippen LogP contribution in [0.3, 0.4) is 0 Å². The van der Waals surface area contributed by atoms with Crippen molar-refractivity contribution in [1.82, 2.24) is 21.0 Å². The fraction of sp³-hybridized carbons (Fsp3) is 0.120. The Labute approximate surface area is 194 Å². The molecule has 0 fully saturated rings. The normalized spacial score (nSPS) is 11.5. The van der Waals surface area contributed by atoms with Crippen LogP contribution in [-0.4, -0.2) is 28.1 Å². The molecule has 9 heteroatoms. The van der Waals surface area contributed by atoms with E-state index in [9.17, 15) is 14.0 Å². The molecule has 1 heterocycles. The average Bonchev–Trinajstić information content (AvgIpc) is 3.34. The lowest BCUT2D eigenvalue weighted by Crippen LogP contribution is -2.47. The highest BCUT2D eigenvalue weighted by atomic mass is 19.1. The van der Waals surface area contributed by atoms with Crippen molar-refractivity contribution in [3.05, 3.63) is 89.7 Å². The summed E-state index contributed by atoms with van der Waals surface area (Å²) in [6.07, 6.45) is -1.03. The van der Waals surface area contributed by atoms with Gasteiger partial charge in [0, 0.05) is 16.7 Å². The summed E-state index contributed by atoms with van der Waals surface area (Å²) in [4.78, 5) is 24.6. The Morgan fingerprint density at radius 1 is 0.912 bits per heavy atom. The third-order valence-electron chi connectivity index (χ3n) is 5.00. The van der Waals surface area contributed by atoms with Gasteiger partial charge in [-0.15, -0.1) is 10.2 Å². The second-order valence-electron chi connectivity index (χ2n) is 7.44. The zero-order valence-electron chi connectivity index (χ0n) is 18.4. The van der Waals surface area contributed by atoms with Crippen molar-refractivity contribution in [2.75, 3.05) is 0 Å². The van der Waals surface area contributed by atoms with Crippen LogP contribution in [0.1, 0.15) is 22.8 Å². The molecular weight excluding hydrogens is 439 g/mol. The molecule has 3 aromatic carbocycles. The van der Waals surface area contributed by atoms with Gasteiger partial charge in [-0.2, -0.15) is 0 Å². The molecule has 4 rings (SSSR count). The lowest BCUT2D eigenvalue weighted by atomic mass is 10.1. The van der Waals surface area contributed by atoms with E-state index in [1.807, 2.05) is 31.2 Å². The van der Waals surface area contributed by atoms with Gasteiger partial charge in [-0.25, -0.2) is 4.39 Å². The van der Waals surface area contributed by atoms with E-state index in [4.69, 9.17) is 9.15 Å². The van der Waals surface area contributed by atoms with Gasteiger partial charge in [0.05, 0.1) is 0 Å². The quantitative estimate of drug-likeness (QED) is 0.420. The van der Waals surface area contributed by atoms with Crippen LogP contribution in [0, 0.1) is 12.7 Å². The van der Waals surface area contributed by atoms with Crippen LogP contribution >= 0.6 is 0 Å². The van der Waals surface area contributed by atoms with Crippen molar-refractivity contribution in [3.63, 3.8) is 0 Å². The summed E-state index contributed by atoms with van der Waals surface area (Å²) >= 11 is 0. The molecule has 2 amide bonds. The highest BCUT2D eigenvalue weighted by molar-refractivity contribution is 5.96. The Hall–Kier alpha value is -4.53. The molecule has 0 aliphatic rings. The van der Waals surface area contributed by atoms with Crippen molar-refractivity contribution < 1.29 is 23.1 Å². The molecule has 4 aromatic rings. The number of rotatable bonds is 6. The molecule has 0 bridgehead atoms. The molecule has 0 unspecified atom stereocenters. The molecule has 0 aliphatic carbocycles. The van der Waals surface area contributed by atoms with E-state index in [1.165, 1.54) is 25.1 Å². The number of carbonyl (C=O) groups is 2. The number of aromatic nitrogens is 2. The first-order chi connectivity index (χ1) is 16.4. The number of hydrogen-bond donors (Lipinski definition) is 2. The number of nitrogens with one attached hydrogen (secondary N) is 2. The van der Waals surface area contributed by atoms with E-state index >= 15 is 0 Å². The van der Waals surface area contributed by atoms with Crippen LogP contribution in [0.25, 0.3) is 22.9 Å². The van der Waals surface area contributed by atoms with Gasteiger partial charge in [0.25, 0.3) is 11.8 Å². The number of benzene rings is 3. The number of aryl methyl sites for hydroxylation is 1. The van der Waals surface area contributed by atoms with E-state index in [2.05, 4.69) is 21.0 Å². The molecule has 0 aliphatic heterocycles. The Bertz CT molecular complexity index is 1320. The van der Waals surface area contributed by atoms with Gasteiger partial charge in [0.2, 0.25) is 11.8 Å². The Morgan fingerprint density at radius 2 is 1.59 bits per heavy atom. The summed E-state index contributed by atoms with van der Waals surface area (Å²) < 4.78 is 24.7. The SMILES string of the molecule is Cc1ccccc1-c1nnc(-c2ccc(C(=O)NNC(=O)[C@@H](C)Oc3ccccc3F)cc2)o1. The summed E-state index contributed by atoms with van der Waals surface area (Å²) in [5.41, 5.74) is 7.37. The van der Waals surface area contributed by atoms with Gasteiger partial charge in [-0.3, -0.25) is 20.4 Å². The lowest BCUT2D eigenvalue weighted by Gasteiger charge is -2.15. The third-order valence-corrected chi connectivity index (χ3v) is 5.00. The smallest absolute Gasteiger partial charge is 0.279 e. The zero-order chi connectivity index (χ0) is 24.1. The number of hydrazine groups is 1. The number of hydrogen-bond acceptors (Lipinski definition) is 6. The molecule has 1 atom stereocenters. The van der Waals surface area contributed by atoms with Gasteiger partial charge in [0.1, 0.15) is 0 Å². The van der Waals surface area contributed by atoms with Crippen molar-refractivity contribution in [3.8, 4) is 28.7 Å². The number of ether oxygens (including phenoxy) is 1. The molecule has 0 radical (unpaired) electrons. The van der Waals surface area contributed by atoms with E-state index in [-0.39, 0.29) is 5.75 Å². The van der Waals surface area contributed by atoms with Crippen molar-refractivity contribution in [2.45, 2.75) is 20.0 Å². The van der Waals surface area contributed by atoms with Crippen LogP contribution in [0.15, 0.2) is 77.2 Å². The highest BCUT2D eigenvalue weighted by Crippen LogP contribution is 2.26. The molecule has 0 saturated carbocycles. The summed E-state index contributed by atoms with van der Waals surface area (Å²) in [5, 5.41) is 8.19. The zero-order valence-corrected chi connectivity index (χ0v) is 18.4. The van der Waals surface area contributed by atoms with Crippen LogP contribution in [0.5, 0.6) is 5.75 Å². The van der Waals surface area contributed by atoms with Crippen LogP contribution < -0.4 is 15.6 Å². The van der Waals surface area contributed by atoms with E-state index in [1.54, 1.807) is 30.3 Å². The third kappa shape index (κ3) is 5.09. The fourth-order valence-corrected chi connectivity index (χ4v) is 3.10. The first kappa shape index (κ1) is 22.7. The minimum atomic E-state index is -1.03. The summed E-state index contributed by atoms with van der Waals surface area (Å²) in [6, 6.07) is 19.9. The van der Waals surface area contributed by atoms with Gasteiger partial charge in [-0.1, -0.05) is 30.3 Å². The number of amides is 2. The molecule has 2 N–H and O–H groups in total. The topological polar surface area (TPSA) is 106 Å². The number of nitrogens with zero attached hydrogens (tertiary/aromatic N) is 2. The maximum atomic E-state index is 13.7. The molecule has 0 spiro atoms. The Morgan fingerprint density at radius 3 is 2.32 bits per heavy atom. The predicted molar refractivity (Wildman–Crippen MR) is 122 cm³/mol. The summed E-state index contributed by atoms with van der Waals surface area (Å²) in [7, 11) is 0. The van der Waals surface area contributed by atoms with Crippen LogP contribution in [0.4, 0.5) is 4.39 Å². The Balaban J connectivity index is 1.35. The fourth-order valence-electron chi connectivity index (χ4n) is 3.10. The second kappa shape index (κ2) is 9.95. The average molecular weight is 460 g/mol. The molecular formula is C25H21FN4O4. The second-order valence-corrected chi connectivity index (χ2v) is 7.44. The molecule has 0 saturated heterocycles. The number of carbonyl (C=O) groups excluding carboxylic acids is 2. The number of halogens is 1. The standard InChI is InChI=1S/C25H21FN4O4/c1-15-7-3-4-8-19(15)25-30-29-24(34-25)18-13-11-17(12-14-18)23(32)28-27-22(31)16(2)33-21-10-6-5-9-20(21)26/h3-14,16H,1-2H3,(H,27,31)(H,28,32)/t16-/m1/s1. The summed E-state index contributed by atoms with van der Waals surface area (Å²) in [6.45, 7) is 3.40. The highest BCUT2D eigenvalue weighted by Gasteiger charge is 2.18. The first-order valence-corrected chi connectivity index (χ1v) is 10.4. The number of para-hydroxylation sites is 1. The maximum Gasteiger partial charge on any atom is 0.279 e. The minimum absolute atomic E-state index is 0.0568. The minimum Gasteiger partial charge on any atom is -0.478 e. The predicted octanol–water partition coefficient (Wildman–Crippen LogP) is 4.08. The largest absolute Gasteiger partial charge is 0.478 e. The van der Waals surface area contributed by atoms with Gasteiger partial charge >= 0.3 is 0 Å². The van der Waals surface area contributed by atoms with Gasteiger partial charge in [-0.05, 0) is 61.9 Å². The maximum absolute atomic E-state index is 13.7. The van der Waals surface area contributed by atoms with Crippen LogP contribution in [0.2, 0.25) is 0 Å². The molecule has 34 heavy (non-hydrogen) atoms. The van der Waals surface area contributed by atoms with Crippen molar-refractivity contribution >= 4 is 11.8 Å². The van der Waals surface area contributed by atoms with E-state index in [0.717, 1.165) is 11.1 Å². The molecule has 1 aromatic heterocycles. The van der Waals surface area contributed by atoms with Gasteiger partial charge < -0.3 is 9.15 Å².